The number of pyridine rings is 1. The average Bonchev–Trinajstić information content (AvgIpc) is 3.74. The molecule has 2 amide bonds. The number of nitrogens with zero attached hydrogens (tertiary/aromatic N) is 7. The predicted octanol–water partition coefficient (Wildman–Crippen LogP) is 4.10. The van der Waals surface area contributed by atoms with Crippen LogP contribution in [0.4, 0.5) is 11.6 Å². The average molecular weight is 526 g/mol. The quantitative estimate of drug-likeness (QED) is 0.393. The van der Waals surface area contributed by atoms with E-state index in [0.29, 0.717) is 66.9 Å². The second-order valence-corrected chi connectivity index (χ2v) is 10.2. The molecule has 0 atom stereocenters. The number of carbonyl (C=O) groups excluding carboxylic acids is 2. The van der Waals surface area contributed by atoms with Crippen LogP contribution >= 0.6 is 0 Å². The molecule has 1 saturated carbocycles. The molecule has 200 valence electrons. The summed E-state index contributed by atoms with van der Waals surface area (Å²) >= 11 is 0. The highest BCUT2D eigenvalue weighted by molar-refractivity contribution is 6.06. The number of amides is 2. The molecule has 2 aliphatic rings. The van der Waals surface area contributed by atoms with E-state index in [-0.39, 0.29) is 11.8 Å². The maximum atomic E-state index is 14.4. The third-order valence-electron chi connectivity index (χ3n) is 7.46. The van der Waals surface area contributed by atoms with E-state index >= 15 is 0 Å². The molecule has 6 rings (SSSR count). The summed E-state index contributed by atoms with van der Waals surface area (Å²) in [6.45, 7) is 5.95. The van der Waals surface area contributed by atoms with Crippen molar-refractivity contribution in [3.05, 3.63) is 71.3 Å². The molecule has 0 spiro atoms. The van der Waals surface area contributed by atoms with Crippen molar-refractivity contribution < 1.29 is 14.1 Å². The molecule has 10 nitrogen and oxygen atoms in total. The molecule has 1 aliphatic carbocycles. The zero-order chi connectivity index (χ0) is 26.9. The Labute approximate surface area is 226 Å². The van der Waals surface area contributed by atoms with Crippen molar-refractivity contribution in [2.75, 3.05) is 36.0 Å². The number of carbonyl (C=O) groups is 2. The van der Waals surface area contributed by atoms with Gasteiger partial charge in [0.1, 0.15) is 0 Å². The molecule has 4 aromatic rings. The Morgan fingerprint density at radius 1 is 1.00 bits per heavy atom. The first-order valence-electron chi connectivity index (χ1n) is 13.4. The van der Waals surface area contributed by atoms with Crippen molar-refractivity contribution >= 4 is 34.5 Å². The summed E-state index contributed by atoms with van der Waals surface area (Å²) in [5, 5.41) is 4.77. The van der Waals surface area contributed by atoms with E-state index in [0.717, 1.165) is 36.2 Å². The van der Waals surface area contributed by atoms with Crippen molar-refractivity contribution in [3.63, 3.8) is 0 Å². The Morgan fingerprint density at radius 2 is 1.79 bits per heavy atom. The van der Waals surface area contributed by atoms with Crippen LogP contribution < -0.4 is 9.80 Å². The molecule has 10 heteroatoms. The van der Waals surface area contributed by atoms with Gasteiger partial charge in [-0.05, 0) is 49.9 Å². The molecule has 0 saturated heterocycles. The number of rotatable bonds is 3. The molecule has 0 N–H and O–H groups in total. The van der Waals surface area contributed by atoms with E-state index in [1.165, 1.54) is 0 Å². The minimum absolute atomic E-state index is 0.0351. The lowest BCUT2D eigenvalue weighted by atomic mass is 10.1. The minimum atomic E-state index is -0.118. The molecular weight excluding hydrogens is 494 g/mol. The van der Waals surface area contributed by atoms with Crippen molar-refractivity contribution in [2.45, 2.75) is 45.6 Å². The van der Waals surface area contributed by atoms with Crippen molar-refractivity contribution in [1.29, 1.82) is 0 Å². The zero-order valence-electron chi connectivity index (χ0n) is 22.2. The standard InChI is InChI=1S/C29H31N7O3/c1-19-26-23(17-24(21-9-10-21)32-27(26)39-33-19)28(38)35-16-15-34(29-30-11-5-12-31-29)13-6-14-36(20(2)37)25-8-4-3-7-22(25)18-35/h3-5,7-8,11-12,17,21H,6,9-10,13-16,18H2,1-2H3. The van der Waals surface area contributed by atoms with Crippen LogP contribution in [0.2, 0.25) is 0 Å². The minimum Gasteiger partial charge on any atom is -0.339 e. The Kier molecular flexibility index (Phi) is 6.68. The lowest BCUT2D eigenvalue weighted by molar-refractivity contribution is -0.116. The van der Waals surface area contributed by atoms with Gasteiger partial charge in [-0.3, -0.25) is 9.59 Å². The number of aryl methyl sites for hydroxylation is 1. The molecule has 3 aromatic heterocycles. The van der Waals surface area contributed by atoms with Gasteiger partial charge in [0.15, 0.2) is 0 Å². The Balaban J connectivity index is 1.42. The summed E-state index contributed by atoms with van der Waals surface area (Å²) in [5.41, 5.74) is 4.22. The first kappa shape index (κ1) is 25.0. The maximum Gasteiger partial charge on any atom is 0.259 e. The van der Waals surface area contributed by atoms with Gasteiger partial charge in [0, 0.05) is 69.3 Å². The largest absolute Gasteiger partial charge is 0.339 e. The van der Waals surface area contributed by atoms with Gasteiger partial charge in [-0.2, -0.15) is 0 Å². The molecule has 1 aliphatic heterocycles. The van der Waals surface area contributed by atoms with Crippen molar-refractivity contribution in [1.82, 2.24) is 25.0 Å². The van der Waals surface area contributed by atoms with Crippen LogP contribution in [0.1, 0.15) is 59.4 Å². The van der Waals surface area contributed by atoms with Crippen LogP contribution in [0.3, 0.4) is 0 Å². The molecule has 0 radical (unpaired) electrons. The highest BCUT2D eigenvalue weighted by Crippen LogP contribution is 2.40. The van der Waals surface area contributed by atoms with Crippen LogP contribution in [-0.4, -0.2) is 63.0 Å². The Bertz CT molecular complexity index is 1520. The summed E-state index contributed by atoms with van der Waals surface area (Å²) in [6, 6.07) is 11.5. The number of para-hydroxylation sites is 1. The SMILES string of the molecule is CC(=O)N1CCCN(c2ncccn2)CCN(C(=O)c2cc(C3CC3)nc3onc(C)c23)Cc2ccccc21. The van der Waals surface area contributed by atoms with Gasteiger partial charge in [0.2, 0.25) is 11.9 Å². The van der Waals surface area contributed by atoms with Crippen LogP contribution in [0.25, 0.3) is 11.1 Å². The third kappa shape index (κ3) is 5.06. The van der Waals surface area contributed by atoms with Gasteiger partial charge < -0.3 is 19.2 Å². The number of hydrogen-bond acceptors (Lipinski definition) is 8. The first-order valence-corrected chi connectivity index (χ1v) is 13.4. The summed E-state index contributed by atoms with van der Waals surface area (Å²) in [7, 11) is 0. The molecule has 1 aromatic carbocycles. The molecule has 0 unspecified atom stereocenters. The van der Waals surface area contributed by atoms with Gasteiger partial charge in [0.05, 0.1) is 16.6 Å². The lowest BCUT2D eigenvalue weighted by Crippen LogP contribution is -2.39. The molecular formula is C29H31N7O3. The molecule has 4 heterocycles. The molecule has 39 heavy (non-hydrogen) atoms. The van der Waals surface area contributed by atoms with E-state index < -0.39 is 0 Å². The van der Waals surface area contributed by atoms with Crippen LogP contribution in [0.15, 0.2) is 53.3 Å². The second-order valence-electron chi connectivity index (χ2n) is 10.2. The Hall–Kier alpha value is -4.34. The smallest absolute Gasteiger partial charge is 0.259 e. The van der Waals surface area contributed by atoms with Gasteiger partial charge in [-0.25, -0.2) is 15.0 Å². The fraction of sp³-hybridized carbons (Fsp3) is 0.379. The number of hydrogen-bond donors (Lipinski definition) is 0. The fourth-order valence-electron chi connectivity index (χ4n) is 5.28. The fourth-order valence-corrected chi connectivity index (χ4v) is 5.28. The van der Waals surface area contributed by atoms with Gasteiger partial charge in [-0.15, -0.1) is 0 Å². The number of benzene rings is 1. The number of anilines is 2. The number of aromatic nitrogens is 4. The van der Waals surface area contributed by atoms with E-state index in [4.69, 9.17) is 4.52 Å². The topological polar surface area (TPSA) is 109 Å². The molecule has 1 fully saturated rings. The Morgan fingerprint density at radius 3 is 2.56 bits per heavy atom. The van der Waals surface area contributed by atoms with Crippen LogP contribution in [0.5, 0.6) is 0 Å². The van der Waals surface area contributed by atoms with Gasteiger partial charge in [0.25, 0.3) is 11.6 Å². The highest BCUT2D eigenvalue weighted by Gasteiger charge is 2.31. The van der Waals surface area contributed by atoms with Crippen molar-refractivity contribution in [2.24, 2.45) is 0 Å². The van der Waals surface area contributed by atoms with Gasteiger partial charge in [-0.1, -0.05) is 23.4 Å². The van der Waals surface area contributed by atoms with Crippen LogP contribution in [-0.2, 0) is 11.3 Å². The summed E-state index contributed by atoms with van der Waals surface area (Å²) in [6.07, 6.45) is 6.29. The van der Waals surface area contributed by atoms with E-state index in [2.05, 4.69) is 25.0 Å². The summed E-state index contributed by atoms with van der Waals surface area (Å²) in [4.78, 5) is 46.4. The lowest BCUT2D eigenvalue weighted by Gasteiger charge is -2.28. The predicted molar refractivity (Wildman–Crippen MR) is 147 cm³/mol. The highest BCUT2D eigenvalue weighted by atomic mass is 16.5. The zero-order valence-corrected chi connectivity index (χ0v) is 22.2. The van der Waals surface area contributed by atoms with E-state index in [9.17, 15) is 9.59 Å². The molecule has 0 bridgehead atoms. The van der Waals surface area contributed by atoms with Crippen LogP contribution in [0, 0.1) is 6.92 Å². The normalized spacial score (nSPS) is 16.6. The number of fused-ring (bicyclic) bond motifs is 2. The first-order chi connectivity index (χ1) is 19.0. The maximum absolute atomic E-state index is 14.4. The monoisotopic (exact) mass is 525 g/mol. The second kappa shape index (κ2) is 10.4. The van der Waals surface area contributed by atoms with Crippen molar-refractivity contribution in [3.8, 4) is 0 Å². The summed E-state index contributed by atoms with van der Waals surface area (Å²) in [5.74, 6) is 0.803. The third-order valence-corrected chi connectivity index (χ3v) is 7.46. The van der Waals surface area contributed by atoms with E-state index in [1.54, 1.807) is 30.3 Å². The van der Waals surface area contributed by atoms with E-state index in [1.807, 2.05) is 42.2 Å². The van der Waals surface area contributed by atoms with Gasteiger partial charge >= 0.3 is 0 Å². The summed E-state index contributed by atoms with van der Waals surface area (Å²) < 4.78 is 5.51.